The average Bonchev–Trinajstić information content (AvgIpc) is 2.50. The number of unbranched alkanes of at least 4 members (excludes halogenated alkanes) is 2. The molecular formula is C17H30FN3. The van der Waals surface area contributed by atoms with Crippen LogP contribution in [0.1, 0.15) is 58.4 Å². The Morgan fingerprint density at radius 3 is 2.33 bits per heavy atom. The summed E-state index contributed by atoms with van der Waals surface area (Å²) in [6.45, 7) is 9.67. The smallest absolute Gasteiger partial charge is 0.170 e. The quantitative estimate of drug-likeness (QED) is 0.622. The summed E-state index contributed by atoms with van der Waals surface area (Å²) in [7, 11) is 0. The van der Waals surface area contributed by atoms with E-state index in [2.05, 4.69) is 36.0 Å². The van der Waals surface area contributed by atoms with Gasteiger partial charge in [-0.25, -0.2) is 9.37 Å². The number of rotatable bonds is 11. The molecule has 0 aliphatic rings. The predicted octanol–water partition coefficient (Wildman–Crippen LogP) is 4.13. The molecule has 1 aromatic heterocycles. The molecule has 3 nitrogen and oxygen atoms in total. The van der Waals surface area contributed by atoms with Gasteiger partial charge in [0.15, 0.2) is 11.6 Å². The van der Waals surface area contributed by atoms with Gasteiger partial charge in [-0.3, -0.25) is 0 Å². The highest BCUT2D eigenvalue weighted by Gasteiger charge is 2.15. The van der Waals surface area contributed by atoms with Crippen molar-refractivity contribution in [2.24, 2.45) is 0 Å². The van der Waals surface area contributed by atoms with E-state index in [-0.39, 0.29) is 5.82 Å². The van der Waals surface area contributed by atoms with E-state index in [9.17, 15) is 4.39 Å². The lowest BCUT2D eigenvalue weighted by atomic mass is 10.2. The van der Waals surface area contributed by atoms with Gasteiger partial charge in [0.1, 0.15) is 0 Å². The summed E-state index contributed by atoms with van der Waals surface area (Å²) in [6, 6.07) is 1.78. The largest absolute Gasteiger partial charge is 0.354 e. The monoisotopic (exact) mass is 295 g/mol. The minimum Gasteiger partial charge on any atom is -0.354 e. The standard InChI is InChI=1S/C17H30FN3/c1-4-7-12-21(13-8-5-2)17-16(18)15(9-11-20-17)14-19-10-6-3/h9,11,19H,4-8,10,12-14H2,1-3H3. The molecule has 1 aromatic rings. The molecule has 0 amide bonds. The second kappa shape index (κ2) is 10.6. The lowest BCUT2D eigenvalue weighted by molar-refractivity contribution is 0.567. The maximum Gasteiger partial charge on any atom is 0.170 e. The molecule has 0 radical (unpaired) electrons. The first-order valence-corrected chi connectivity index (χ1v) is 8.33. The fourth-order valence-electron chi connectivity index (χ4n) is 2.25. The molecule has 0 saturated carbocycles. The van der Waals surface area contributed by atoms with Crippen LogP contribution in [0.25, 0.3) is 0 Å². The molecule has 0 saturated heterocycles. The normalized spacial score (nSPS) is 10.9. The zero-order valence-electron chi connectivity index (χ0n) is 13.8. The number of hydrogen-bond acceptors (Lipinski definition) is 3. The van der Waals surface area contributed by atoms with E-state index in [0.717, 1.165) is 51.7 Å². The van der Waals surface area contributed by atoms with Gasteiger partial charge in [0, 0.05) is 31.4 Å². The Morgan fingerprint density at radius 2 is 1.76 bits per heavy atom. The molecule has 1 N–H and O–H groups in total. The van der Waals surface area contributed by atoms with Crippen LogP contribution >= 0.6 is 0 Å². The maximum atomic E-state index is 14.7. The highest BCUT2D eigenvalue weighted by Crippen LogP contribution is 2.20. The Kier molecular flexibility index (Phi) is 8.99. The number of aromatic nitrogens is 1. The Hall–Kier alpha value is -1.16. The highest BCUT2D eigenvalue weighted by molar-refractivity contribution is 5.43. The summed E-state index contributed by atoms with van der Waals surface area (Å²) in [5.74, 6) is 0.362. The van der Waals surface area contributed by atoms with E-state index in [1.54, 1.807) is 12.3 Å². The van der Waals surface area contributed by atoms with Crippen LogP contribution in [0, 0.1) is 5.82 Å². The summed E-state index contributed by atoms with van der Waals surface area (Å²) in [5.41, 5.74) is 0.714. The summed E-state index contributed by atoms with van der Waals surface area (Å²) >= 11 is 0. The van der Waals surface area contributed by atoms with E-state index in [4.69, 9.17) is 0 Å². The zero-order valence-corrected chi connectivity index (χ0v) is 13.8. The van der Waals surface area contributed by atoms with Gasteiger partial charge < -0.3 is 10.2 Å². The van der Waals surface area contributed by atoms with Crippen molar-refractivity contribution in [2.75, 3.05) is 24.5 Å². The Morgan fingerprint density at radius 1 is 1.10 bits per heavy atom. The molecule has 1 rings (SSSR count). The minimum absolute atomic E-state index is 0.159. The average molecular weight is 295 g/mol. The first kappa shape index (κ1) is 17.9. The van der Waals surface area contributed by atoms with Crippen LogP contribution in [0.15, 0.2) is 12.3 Å². The van der Waals surface area contributed by atoms with Gasteiger partial charge in [-0.1, -0.05) is 33.6 Å². The van der Waals surface area contributed by atoms with Crippen LogP contribution < -0.4 is 10.2 Å². The number of hydrogen-bond donors (Lipinski definition) is 1. The van der Waals surface area contributed by atoms with Crippen LogP contribution in [0.2, 0.25) is 0 Å². The van der Waals surface area contributed by atoms with E-state index < -0.39 is 0 Å². The van der Waals surface area contributed by atoms with Gasteiger partial charge in [0.05, 0.1) is 0 Å². The molecule has 0 unspecified atom stereocenters. The highest BCUT2D eigenvalue weighted by atomic mass is 19.1. The van der Waals surface area contributed by atoms with Crippen molar-refractivity contribution in [3.05, 3.63) is 23.6 Å². The van der Waals surface area contributed by atoms with Crippen molar-refractivity contribution in [1.29, 1.82) is 0 Å². The molecule has 0 aliphatic carbocycles. The van der Waals surface area contributed by atoms with Crippen LogP contribution in [-0.4, -0.2) is 24.6 Å². The van der Waals surface area contributed by atoms with Gasteiger partial charge >= 0.3 is 0 Å². The Balaban J connectivity index is 2.82. The first-order valence-electron chi connectivity index (χ1n) is 8.33. The lowest BCUT2D eigenvalue weighted by Gasteiger charge is -2.24. The molecule has 21 heavy (non-hydrogen) atoms. The molecule has 120 valence electrons. The molecule has 0 aliphatic heterocycles. The second-order valence-electron chi connectivity index (χ2n) is 5.48. The van der Waals surface area contributed by atoms with Gasteiger partial charge in [0.25, 0.3) is 0 Å². The number of pyridine rings is 1. The van der Waals surface area contributed by atoms with Crippen molar-refractivity contribution in [1.82, 2.24) is 10.3 Å². The van der Waals surface area contributed by atoms with Crippen molar-refractivity contribution in [3.8, 4) is 0 Å². The van der Waals surface area contributed by atoms with Crippen molar-refractivity contribution in [2.45, 2.75) is 59.4 Å². The molecule has 0 fully saturated rings. The number of anilines is 1. The molecule has 0 atom stereocenters. The molecule has 0 spiro atoms. The summed E-state index contributed by atoms with van der Waals surface area (Å²) in [5, 5.41) is 3.26. The number of nitrogens with one attached hydrogen (secondary N) is 1. The van der Waals surface area contributed by atoms with Gasteiger partial charge in [-0.15, -0.1) is 0 Å². The molecule has 1 heterocycles. The second-order valence-corrected chi connectivity index (χ2v) is 5.48. The number of halogens is 1. The molecule has 4 heteroatoms. The fourth-order valence-corrected chi connectivity index (χ4v) is 2.25. The third-order valence-corrected chi connectivity index (χ3v) is 3.56. The SMILES string of the molecule is CCCCN(CCCC)c1nccc(CNCCC)c1F. The Bertz CT molecular complexity index is 388. The van der Waals surface area contributed by atoms with Gasteiger partial charge in [-0.2, -0.15) is 0 Å². The zero-order chi connectivity index (χ0) is 15.5. The number of nitrogens with zero attached hydrogens (tertiary/aromatic N) is 2. The summed E-state index contributed by atoms with van der Waals surface area (Å²) < 4.78 is 14.7. The maximum absolute atomic E-state index is 14.7. The van der Waals surface area contributed by atoms with E-state index in [1.807, 2.05) is 0 Å². The van der Waals surface area contributed by atoms with E-state index >= 15 is 0 Å². The van der Waals surface area contributed by atoms with E-state index in [1.165, 1.54) is 0 Å². The van der Waals surface area contributed by atoms with Crippen LogP contribution in [0.5, 0.6) is 0 Å². The van der Waals surface area contributed by atoms with Gasteiger partial charge in [-0.05, 0) is 31.9 Å². The topological polar surface area (TPSA) is 28.2 Å². The molecule has 0 bridgehead atoms. The van der Waals surface area contributed by atoms with Crippen LogP contribution in [0.3, 0.4) is 0 Å². The lowest BCUT2D eigenvalue weighted by Crippen LogP contribution is -2.28. The van der Waals surface area contributed by atoms with Gasteiger partial charge in [0.2, 0.25) is 0 Å². The van der Waals surface area contributed by atoms with Crippen LogP contribution in [-0.2, 0) is 6.54 Å². The van der Waals surface area contributed by atoms with Crippen LogP contribution in [0.4, 0.5) is 10.2 Å². The fraction of sp³-hybridized carbons (Fsp3) is 0.706. The third-order valence-electron chi connectivity index (χ3n) is 3.56. The first-order chi connectivity index (χ1) is 10.2. The Labute approximate surface area is 129 Å². The summed E-state index contributed by atoms with van der Waals surface area (Å²) in [4.78, 5) is 6.40. The van der Waals surface area contributed by atoms with E-state index in [0.29, 0.717) is 17.9 Å². The summed E-state index contributed by atoms with van der Waals surface area (Å²) in [6.07, 6.45) is 7.15. The van der Waals surface area contributed by atoms with Crippen molar-refractivity contribution in [3.63, 3.8) is 0 Å². The molecule has 0 aromatic carbocycles. The minimum atomic E-state index is -0.159. The molecular weight excluding hydrogens is 265 g/mol. The van der Waals surface area contributed by atoms with Crippen molar-refractivity contribution < 1.29 is 4.39 Å². The third kappa shape index (κ3) is 6.00. The predicted molar refractivity (Wildman–Crippen MR) is 88.2 cm³/mol. The van der Waals surface area contributed by atoms with Crippen molar-refractivity contribution >= 4 is 5.82 Å².